The molecule has 0 saturated carbocycles. The summed E-state index contributed by atoms with van der Waals surface area (Å²) in [5, 5.41) is 0. The molecular weight excluding hydrogens is 750 g/mol. The summed E-state index contributed by atoms with van der Waals surface area (Å²) in [5.74, 6) is 0. The van der Waals surface area contributed by atoms with Gasteiger partial charge in [0, 0.05) is 11.1 Å². The van der Waals surface area contributed by atoms with Crippen LogP contribution in [0.2, 0.25) is 0 Å². The zero-order valence-electron chi connectivity index (χ0n) is 29.9. The summed E-state index contributed by atoms with van der Waals surface area (Å²) < 4.78 is 1.07. The van der Waals surface area contributed by atoms with Gasteiger partial charge in [-0.15, -0.1) is 0 Å². The Hall–Kier alpha value is -7.09. The van der Waals surface area contributed by atoms with Crippen molar-refractivity contribution in [1.29, 1.82) is 0 Å². The Kier molecular flexibility index (Phi) is 11.0. The molecule has 0 amide bonds. The number of aldehydes is 4. The minimum atomic E-state index is 0.0711. The van der Waals surface area contributed by atoms with Crippen LogP contribution in [0.1, 0.15) is 75.1 Å². The molecule has 3 heterocycles. The Morgan fingerprint density at radius 3 is 1.30 bits per heavy atom. The van der Waals surface area contributed by atoms with Crippen molar-refractivity contribution in [3.8, 4) is 0 Å². The number of carbonyl (C=O) groups is 4. The van der Waals surface area contributed by atoms with Crippen molar-refractivity contribution in [2.24, 2.45) is 9.98 Å². The summed E-state index contributed by atoms with van der Waals surface area (Å²) in [6.07, 6.45) is 12.1. The van der Waals surface area contributed by atoms with E-state index in [0.717, 1.165) is 97.7 Å². The monoisotopic (exact) mass is 778 g/mol. The molecule has 0 radical (unpaired) electrons. The Labute approximate surface area is 332 Å². The summed E-state index contributed by atoms with van der Waals surface area (Å²) in [6.45, 7) is 5.85. The summed E-state index contributed by atoms with van der Waals surface area (Å²) in [5.41, 5.74) is 20.5. The van der Waals surface area contributed by atoms with Gasteiger partial charge < -0.3 is 5.73 Å². The molecule has 266 valence electrons. The predicted molar refractivity (Wildman–Crippen MR) is 218 cm³/mol. The number of allylic oxidation sites excluding steroid dienone is 6. The van der Waals surface area contributed by atoms with Crippen LogP contribution in [0.15, 0.2) is 167 Å². The van der Waals surface area contributed by atoms with Crippen LogP contribution in [-0.2, 0) is 17.9 Å². The number of H-pyrrole nitrogens is 1. The standard InChI is InChI=1S/C47H31N4O4.Zn/c1-2-39(48)45(35-13-7-32(27-53)8-14-35)40-21-22-43(50-40)47(37-17-11-34(29-55)12-18-37)44-24-23-42(51-44)46(36-15-9-33(28-54)10-16-36)41-20-19-38(49-41)25-30-3-5-31(26-52)6-4-30;/h1-24,26-29H,(H3,48,49,50,51,53,54,55);/q-1;/p-1. The molecule has 0 atom stereocenters. The van der Waals surface area contributed by atoms with E-state index in [1.807, 2.05) is 72.8 Å². The van der Waals surface area contributed by atoms with Crippen LogP contribution in [0, 0.1) is 6.58 Å². The summed E-state index contributed by atoms with van der Waals surface area (Å²) in [4.78, 5) is 59.5. The van der Waals surface area contributed by atoms with Crippen molar-refractivity contribution in [2.75, 3.05) is 0 Å². The van der Waals surface area contributed by atoms with E-state index in [9.17, 15) is 19.2 Å². The average Bonchev–Trinajstić information content (AvgIpc) is 4.05. The molecule has 5 aromatic rings. The number of rotatable bonds is 13. The first-order valence-electron chi connectivity index (χ1n) is 17.5. The van der Waals surface area contributed by atoms with Gasteiger partial charge in [0.2, 0.25) is 0 Å². The smallest absolute Gasteiger partial charge is 0.298 e. The maximum atomic E-state index is 11.6. The fourth-order valence-corrected chi connectivity index (χ4v) is 7.41. The molecule has 0 fully saturated rings. The normalized spacial score (nSPS) is 15.4. The van der Waals surface area contributed by atoms with Gasteiger partial charge in [-0.25, -0.2) is 0 Å². The molecule has 0 aliphatic carbocycles. The van der Waals surface area contributed by atoms with Crippen molar-refractivity contribution in [1.82, 2.24) is 4.98 Å². The van der Waals surface area contributed by atoms with Crippen LogP contribution < -0.4 is 0 Å². The van der Waals surface area contributed by atoms with Gasteiger partial charge in [0.1, 0.15) is 12.6 Å². The zero-order chi connectivity index (χ0) is 39.2. The maximum absolute atomic E-state index is 11.6. The Morgan fingerprint density at radius 2 is 0.893 bits per heavy atom. The van der Waals surface area contributed by atoms with Crippen LogP contribution in [0.5, 0.6) is 0 Å². The molecule has 1 aromatic heterocycles. The molecule has 56 heavy (non-hydrogen) atoms. The first-order chi connectivity index (χ1) is 27.3. The van der Waals surface area contributed by atoms with Gasteiger partial charge in [-0.1, -0.05) is 29.8 Å². The molecule has 0 spiro atoms. The molecule has 8 nitrogen and oxygen atoms in total. The fourth-order valence-electron chi connectivity index (χ4n) is 6.50. The Bertz CT molecular complexity index is 2650. The van der Waals surface area contributed by atoms with E-state index in [1.165, 1.54) is 6.08 Å². The number of nitrogens with zero attached hydrogens (tertiary/aromatic N) is 2. The van der Waals surface area contributed by atoms with Gasteiger partial charge in [0.25, 0.3) is 0 Å². The van der Waals surface area contributed by atoms with E-state index in [4.69, 9.17) is 22.3 Å². The van der Waals surface area contributed by atoms with Gasteiger partial charge in [-0.3, -0.25) is 27.9 Å². The fraction of sp³-hybridized carbons (Fsp3) is 0. The van der Waals surface area contributed by atoms with E-state index in [1.54, 1.807) is 60.7 Å². The molecule has 2 aliphatic rings. The van der Waals surface area contributed by atoms with Crippen molar-refractivity contribution < 1.29 is 37.0 Å². The Balaban J connectivity index is 1.36. The van der Waals surface area contributed by atoms with Crippen LogP contribution in [0.4, 0.5) is 0 Å². The zero-order valence-corrected chi connectivity index (χ0v) is 32.9. The SMILES string of the molecule is [CH-]=C/C([NH-])=C(C1=N/C(=C(/c2ccc(C=O)cc2)c2ccc(/C(=C3/C=CC([C](=[Zn])c4ccc(C=O)cc4)=N3)c3ccc(C=O)cc3)[nH]2)C=C1)\c1ccc(C=O)cc1. The predicted octanol–water partition coefficient (Wildman–Crippen LogP) is 9.03. The molecule has 0 unspecified atom stereocenters. The third-order valence-electron chi connectivity index (χ3n) is 9.42. The van der Waals surface area contributed by atoms with Crippen molar-refractivity contribution in [3.63, 3.8) is 0 Å². The van der Waals surface area contributed by atoms with Gasteiger partial charge >= 0.3 is 241 Å². The Morgan fingerprint density at radius 1 is 0.518 bits per heavy atom. The number of aliphatic imine (C=N–C) groups is 2. The van der Waals surface area contributed by atoms with Crippen molar-refractivity contribution in [2.45, 2.75) is 0 Å². The molecular formula is C47H30N4O4Zn-2. The number of hydrogen-bond acceptors (Lipinski definition) is 6. The van der Waals surface area contributed by atoms with Crippen LogP contribution in [0.25, 0.3) is 22.5 Å². The van der Waals surface area contributed by atoms with Crippen LogP contribution >= 0.6 is 0 Å². The van der Waals surface area contributed by atoms with E-state index in [0.29, 0.717) is 44.8 Å². The third-order valence-corrected chi connectivity index (χ3v) is 11.0. The topological polar surface area (TPSA) is 133 Å². The van der Waals surface area contributed by atoms with Crippen molar-refractivity contribution >= 4 is 57.4 Å². The second-order valence-corrected chi connectivity index (χ2v) is 14.3. The van der Waals surface area contributed by atoms with Gasteiger partial charge in [-0.05, 0) is 5.56 Å². The number of nitrogens with one attached hydrogen (secondary N) is 2. The summed E-state index contributed by atoms with van der Waals surface area (Å²) in [6, 6.07) is 32.8. The van der Waals surface area contributed by atoms with Crippen LogP contribution in [-0.4, -0.2) is 45.7 Å². The quantitative estimate of drug-likeness (QED) is 0.0553. The summed E-state index contributed by atoms with van der Waals surface area (Å²) in [7, 11) is 0. The molecule has 2 N–H and O–H groups in total. The first-order valence-corrected chi connectivity index (χ1v) is 19.0. The van der Waals surface area contributed by atoms with Crippen molar-refractivity contribution in [3.05, 3.63) is 225 Å². The number of aromatic nitrogens is 1. The molecule has 2 aliphatic heterocycles. The molecule has 7 rings (SSSR count). The minimum absolute atomic E-state index is 0.0711. The number of benzene rings is 4. The van der Waals surface area contributed by atoms with Gasteiger partial charge in [0.05, 0.1) is 0 Å². The number of carbonyl (C=O) groups excluding carboxylic acids is 4. The second kappa shape index (κ2) is 16.5. The molecule has 0 saturated heterocycles. The number of aromatic amines is 1. The van der Waals surface area contributed by atoms with E-state index >= 15 is 0 Å². The van der Waals surface area contributed by atoms with Gasteiger partial charge in [-0.2, -0.15) is 0 Å². The second-order valence-electron chi connectivity index (χ2n) is 12.9. The summed E-state index contributed by atoms with van der Waals surface area (Å²) >= 11 is 0.842. The molecule has 0 bridgehead atoms. The van der Waals surface area contributed by atoms with E-state index in [-0.39, 0.29) is 5.70 Å². The van der Waals surface area contributed by atoms with E-state index < -0.39 is 0 Å². The first kappa shape index (κ1) is 37.2. The molecule has 4 aromatic carbocycles. The van der Waals surface area contributed by atoms with Crippen LogP contribution in [0.3, 0.4) is 0 Å². The average molecular weight is 780 g/mol. The minimum Gasteiger partial charge on any atom is -0.298 e. The molecule has 9 heteroatoms. The number of hydrogen-bond donors (Lipinski definition) is 1. The van der Waals surface area contributed by atoms with Gasteiger partial charge in [0.15, 0.2) is 0 Å². The third kappa shape index (κ3) is 7.62. The van der Waals surface area contributed by atoms with E-state index in [2.05, 4.69) is 4.98 Å².